The third kappa shape index (κ3) is 1.61. The second-order valence-corrected chi connectivity index (χ2v) is 4.85. The molecule has 2 aromatic rings. The molecule has 86 valence electrons. The average molecular weight is 244 g/mol. The van der Waals surface area contributed by atoms with Crippen LogP contribution in [0.25, 0.3) is 0 Å². The van der Waals surface area contributed by atoms with Gasteiger partial charge in [0.1, 0.15) is 6.17 Å². The van der Waals surface area contributed by atoms with Crippen LogP contribution in [-0.2, 0) is 0 Å². The number of hydrogen-bond donors (Lipinski definition) is 1. The molecule has 0 fully saturated rings. The van der Waals surface area contributed by atoms with E-state index >= 15 is 0 Å². The molecule has 2 heterocycles. The van der Waals surface area contributed by atoms with Gasteiger partial charge in [-0.1, -0.05) is 12.1 Å². The van der Waals surface area contributed by atoms with Crippen LogP contribution in [0.3, 0.4) is 0 Å². The van der Waals surface area contributed by atoms with Gasteiger partial charge in [0.15, 0.2) is 0 Å². The van der Waals surface area contributed by atoms with Crippen molar-refractivity contribution < 1.29 is 4.79 Å². The lowest BCUT2D eigenvalue weighted by Crippen LogP contribution is -2.39. The van der Waals surface area contributed by atoms with Crippen LogP contribution in [-0.4, -0.2) is 17.9 Å². The normalized spacial score (nSPS) is 18.8. The molecule has 0 saturated heterocycles. The number of carbonyl (C=O) groups excluding carboxylic acids is 1. The maximum absolute atomic E-state index is 12.2. The second kappa shape index (κ2) is 3.89. The molecular weight excluding hydrogens is 232 g/mol. The molecular formula is C13H12N2OS. The fourth-order valence-corrected chi connectivity index (χ4v) is 2.76. The van der Waals surface area contributed by atoms with Gasteiger partial charge in [0.2, 0.25) is 0 Å². The summed E-state index contributed by atoms with van der Waals surface area (Å²) in [7, 11) is 1.83. The largest absolute Gasteiger partial charge is 0.361 e. The first kappa shape index (κ1) is 10.4. The van der Waals surface area contributed by atoms with Crippen LogP contribution in [0.15, 0.2) is 41.1 Å². The third-order valence-corrected chi connectivity index (χ3v) is 3.72. The average Bonchev–Trinajstić information content (AvgIpc) is 2.87. The Morgan fingerprint density at radius 1 is 1.29 bits per heavy atom. The summed E-state index contributed by atoms with van der Waals surface area (Å²) < 4.78 is 0. The van der Waals surface area contributed by atoms with E-state index in [9.17, 15) is 4.79 Å². The van der Waals surface area contributed by atoms with Gasteiger partial charge in [0, 0.05) is 18.3 Å². The number of anilines is 1. The number of nitrogens with one attached hydrogen (secondary N) is 1. The molecule has 1 N–H and O–H groups in total. The maximum atomic E-state index is 12.2. The molecule has 4 heteroatoms. The topological polar surface area (TPSA) is 32.3 Å². The number of fused-ring (bicyclic) bond motifs is 1. The van der Waals surface area contributed by atoms with Crippen molar-refractivity contribution >= 4 is 22.9 Å². The molecule has 3 nitrogen and oxygen atoms in total. The Morgan fingerprint density at radius 2 is 2.12 bits per heavy atom. The monoisotopic (exact) mass is 244 g/mol. The minimum atomic E-state index is -0.0661. The Morgan fingerprint density at radius 3 is 2.88 bits per heavy atom. The molecule has 1 aromatic carbocycles. The fourth-order valence-electron chi connectivity index (χ4n) is 2.08. The number of hydrogen-bond acceptors (Lipinski definition) is 3. The van der Waals surface area contributed by atoms with Crippen molar-refractivity contribution in [2.75, 3.05) is 12.4 Å². The maximum Gasteiger partial charge on any atom is 0.257 e. The van der Waals surface area contributed by atoms with Crippen LogP contribution < -0.4 is 5.32 Å². The Kier molecular flexibility index (Phi) is 2.37. The first-order valence-corrected chi connectivity index (χ1v) is 6.36. The van der Waals surface area contributed by atoms with Crippen LogP contribution in [0.2, 0.25) is 0 Å². The lowest BCUT2D eigenvalue weighted by molar-refractivity contribution is 0.0736. The summed E-state index contributed by atoms with van der Waals surface area (Å²) in [4.78, 5) is 14.0. The number of carbonyl (C=O) groups is 1. The second-order valence-electron chi connectivity index (χ2n) is 4.07. The van der Waals surface area contributed by atoms with Gasteiger partial charge in [-0.2, -0.15) is 11.3 Å². The zero-order chi connectivity index (χ0) is 11.8. The molecule has 17 heavy (non-hydrogen) atoms. The van der Waals surface area contributed by atoms with Gasteiger partial charge >= 0.3 is 0 Å². The van der Waals surface area contributed by atoms with Crippen molar-refractivity contribution in [3.8, 4) is 0 Å². The third-order valence-electron chi connectivity index (χ3n) is 3.02. The van der Waals surface area contributed by atoms with E-state index in [2.05, 4.69) is 10.7 Å². The van der Waals surface area contributed by atoms with Gasteiger partial charge in [0.25, 0.3) is 5.91 Å². The molecule has 1 atom stereocenters. The Hall–Kier alpha value is -1.81. The number of thiophene rings is 1. The predicted molar refractivity (Wildman–Crippen MR) is 69.2 cm³/mol. The van der Waals surface area contributed by atoms with Crippen LogP contribution in [0.5, 0.6) is 0 Å². The minimum absolute atomic E-state index is 0.0653. The highest BCUT2D eigenvalue weighted by molar-refractivity contribution is 7.08. The summed E-state index contributed by atoms with van der Waals surface area (Å²) in [5, 5.41) is 7.48. The van der Waals surface area contributed by atoms with Gasteiger partial charge in [-0.15, -0.1) is 0 Å². The first-order chi connectivity index (χ1) is 8.27. The predicted octanol–water partition coefficient (Wildman–Crippen LogP) is 2.94. The molecule has 1 aliphatic heterocycles. The van der Waals surface area contributed by atoms with Crippen molar-refractivity contribution in [3.63, 3.8) is 0 Å². The van der Waals surface area contributed by atoms with E-state index in [0.29, 0.717) is 0 Å². The molecule has 3 rings (SSSR count). The molecule has 0 aliphatic carbocycles. The van der Waals surface area contributed by atoms with Gasteiger partial charge < -0.3 is 10.2 Å². The van der Waals surface area contributed by atoms with E-state index in [4.69, 9.17) is 0 Å². The highest BCUT2D eigenvalue weighted by atomic mass is 32.1. The Bertz CT molecular complexity index is 550. The Balaban J connectivity index is 2.05. The van der Waals surface area contributed by atoms with E-state index in [-0.39, 0.29) is 12.1 Å². The Labute approximate surface area is 104 Å². The number of rotatable bonds is 1. The highest BCUT2D eigenvalue weighted by Crippen LogP contribution is 2.32. The summed E-state index contributed by atoms with van der Waals surface area (Å²) in [6.07, 6.45) is -0.0661. The zero-order valence-corrected chi connectivity index (χ0v) is 10.2. The zero-order valence-electron chi connectivity index (χ0n) is 9.38. The molecule has 1 aliphatic rings. The number of para-hydroxylation sites is 1. The first-order valence-electron chi connectivity index (χ1n) is 5.42. The van der Waals surface area contributed by atoms with Crippen molar-refractivity contribution in [2.45, 2.75) is 6.17 Å². The lowest BCUT2D eigenvalue weighted by Gasteiger charge is -2.35. The van der Waals surface area contributed by atoms with Gasteiger partial charge in [-0.3, -0.25) is 4.79 Å². The number of nitrogens with zero attached hydrogens (tertiary/aromatic N) is 1. The van der Waals surface area contributed by atoms with E-state index in [1.54, 1.807) is 16.2 Å². The minimum Gasteiger partial charge on any atom is -0.361 e. The van der Waals surface area contributed by atoms with Crippen molar-refractivity contribution in [1.82, 2.24) is 4.90 Å². The molecule has 1 aromatic heterocycles. The molecule has 0 saturated carbocycles. The van der Waals surface area contributed by atoms with Gasteiger partial charge in [-0.05, 0) is 29.0 Å². The van der Waals surface area contributed by atoms with Crippen LogP contribution >= 0.6 is 11.3 Å². The summed E-state index contributed by atoms with van der Waals surface area (Å²) >= 11 is 1.64. The van der Waals surface area contributed by atoms with E-state index in [1.807, 2.05) is 42.8 Å². The van der Waals surface area contributed by atoms with Crippen LogP contribution in [0, 0.1) is 0 Å². The molecule has 0 bridgehead atoms. The molecule has 0 spiro atoms. The molecule has 0 radical (unpaired) electrons. The van der Waals surface area contributed by atoms with E-state index in [1.165, 1.54) is 0 Å². The van der Waals surface area contributed by atoms with Crippen LogP contribution in [0.1, 0.15) is 22.1 Å². The number of amides is 1. The fraction of sp³-hybridized carbons (Fsp3) is 0.154. The van der Waals surface area contributed by atoms with Crippen molar-refractivity contribution in [1.29, 1.82) is 0 Å². The van der Waals surface area contributed by atoms with Crippen molar-refractivity contribution in [2.24, 2.45) is 0 Å². The summed E-state index contributed by atoms with van der Waals surface area (Å²) in [5.41, 5.74) is 2.77. The van der Waals surface area contributed by atoms with E-state index < -0.39 is 0 Å². The van der Waals surface area contributed by atoms with Gasteiger partial charge in [-0.25, -0.2) is 0 Å². The number of benzene rings is 1. The lowest BCUT2D eigenvalue weighted by atomic mass is 10.1. The highest BCUT2D eigenvalue weighted by Gasteiger charge is 2.29. The van der Waals surface area contributed by atoms with Gasteiger partial charge in [0.05, 0.1) is 5.56 Å². The molecule has 0 unspecified atom stereocenters. The summed E-state index contributed by atoms with van der Waals surface area (Å²) in [5.74, 6) is 0.0653. The summed E-state index contributed by atoms with van der Waals surface area (Å²) in [6.45, 7) is 0. The van der Waals surface area contributed by atoms with Crippen molar-refractivity contribution in [3.05, 3.63) is 52.2 Å². The smallest absolute Gasteiger partial charge is 0.257 e. The standard InChI is InChI=1S/C13H12N2OS/c1-15-12(9-6-7-17-8-9)14-11-5-3-2-4-10(11)13(15)16/h2-8,12,14H,1H3/t12-/m1/s1. The quantitative estimate of drug-likeness (QED) is 0.836. The summed E-state index contributed by atoms with van der Waals surface area (Å²) in [6, 6.07) is 9.66. The SMILES string of the molecule is CN1C(=O)c2ccccc2N[C@H]1c1ccsc1. The molecule has 1 amide bonds. The van der Waals surface area contributed by atoms with E-state index in [0.717, 1.165) is 16.8 Å². The van der Waals surface area contributed by atoms with Crippen LogP contribution in [0.4, 0.5) is 5.69 Å².